The second kappa shape index (κ2) is 4.77. The number of nitrogens with one attached hydrogen (secondary N) is 1. The molecule has 2 nitrogen and oxygen atoms in total. The zero-order chi connectivity index (χ0) is 10.6. The monoisotopic (exact) mass is 254 g/mol. The number of halogens is 2. The average Bonchev–Trinajstić information content (AvgIpc) is 2.20. The van der Waals surface area contributed by atoms with Crippen molar-refractivity contribution in [1.29, 1.82) is 5.26 Å². The Kier molecular flexibility index (Phi) is 3.66. The van der Waals surface area contributed by atoms with Crippen LogP contribution in [0.25, 0.3) is 0 Å². The van der Waals surface area contributed by atoms with Gasteiger partial charge in [0.2, 0.25) is 0 Å². The number of anilines is 1. The molecule has 14 heavy (non-hydrogen) atoms. The fourth-order valence-electron chi connectivity index (χ4n) is 0.954. The Morgan fingerprint density at radius 1 is 1.64 bits per heavy atom. The van der Waals surface area contributed by atoms with Crippen LogP contribution in [0.5, 0.6) is 0 Å². The van der Waals surface area contributed by atoms with Crippen LogP contribution in [0.15, 0.2) is 29.3 Å². The lowest BCUT2D eigenvalue weighted by molar-refractivity contribution is 0.623. The van der Waals surface area contributed by atoms with Crippen LogP contribution in [-0.4, -0.2) is 6.54 Å². The van der Waals surface area contributed by atoms with Crippen LogP contribution >= 0.6 is 15.9 Å². The molecule has 0 unspecified atom stereocenters. The molecule has 1 rings (SSSR count). The van der Waals surface area contributed by atoms with Crippen LogP contribution in [-0.2, 0) is 0 Å². The van der Waals surface area contributed by atoms with E-state index in [1.54, 1.807) is 12.1 Å². The number of benzene rings is 1. The van der Waals surface area contributed by atoms with E-state index in [2.05, 4.69) is 27.8 Å². The highest BCUT2D eigenvalue weighted by atomic mass is 79.9. The van der Waals surface area contributed by atoms with Gasteiger partial charge in [-0.15, -0.1) is 6.58 Å². The molecule has 0 radical (unpaired) electrons. The Hall–Kier alpha value is -1.34. The molecule has 0 bridgehead atoms. The maximum atomic E-state index is 13.5. The quantitative estimate of drug-likeness (QED) is 0.842. The van der Waals surface area contributed by atoms with Crippen LogP contribution < -0.4 is 5.32 Å². The maximum Gasteiger partial charge on any atom is 0.161 e. The van der Waals surface area contributed by atoms with Gasteiger partial charge in [0, 0.05) is 6.54 Å². The van der Waals surface area contributed by atoms with Crippen molar-refractivity contribution in [3.05, 3.63) is 40.6 Å². The first kappa shape index (κ1) is 10.7. The molecular weight excluding hydrogens is 247 g/mol. The minimum Gasteiger partial charge on any atom is -0.379 e. The van der Waals surface area contributed by atoms with Crippen molar-refractivity contribution in [2.45, 2.75) is 0 Å². The van der Waals surface area contributed by atoms with E-state index in [0.717, 1.165) is 0 Å². The SMILES string of the molecule is C=CCNc1ccc(C#N)c(Br)c1F. The number of nitrogens with zero attached hydrogens (tertiary/aromatic N) is 1. The van der Waals surface area contributed by atoms with E-state index in [1.165, 1.54) is 6.07 Å². The third-order valence-corrected chi connectivity index (χ3v) is 2.41. The molecule has 72 valence electrons. The fraction of sp³-hybridized carbons (Fsp3) is 0.100. The van der Waals surface area contributed by atoms with Gasteiger partial charge in [-0.2, -0.15) is 5.26 Å². The average molecular weight is 255 g/mol. The second-order valence-corrected chi connectivity index (χ2v) is 3.36. The van der Waals surface area contributed by atoms with E-state index in [0.29, 0.717) is 12.2 Å². The third-order valence-electron chi connectivity index (χ3n) is 1.64. The topological polar surface area (TPSA) is 35.8 Å². The molecule has 4 heteroatoms. The number of hydrogen-bond acceptors (Lipinski definition) is 2. The summed E-state index contributed by atoms with van der Waals surface area (Å²) in [6, 6.07) is 4.97. The van der Waals surface area contributed by atoms with Gasteiger partial charge in [0.15, 0.2) is 5.82 Å². The minimum atomic E-state index is -0.453. The maximum absolute atomic E-state index is 13.5. The van der Waals surface area contributed by atoms with E-state index in [-0.39, 0.29) is 10.0 Å². The van der Waals surface area contributed by atoms with E-state index < -0.39 is 5.82 Å². The lowest BCUT2D eigenvalue weighted by Gasteiger charge is -2.06. The first-order valence-electron chi connectivity index (χ1n) is 3.93. The summed E-state index contributed by atoms with van der Waals surface area (Å²) in [6.45, 7) is 3.99. The standard InChI is InChI=1S/C10H8BrFN2/c1-2-5-14-8-4-3-7(6-13)9(11)10(8)12/h2-4,14H,1,5H2. The number of hydrogen-bond donors (Lipinski definition) is 1. The van der Waals surface area contributed by atoms with Crippen molar-refractivity contribution >= 4 is 21.6 Å². The van der Waals surface area contributed by atoms with Crippen molar-refractivity contribution in [2.24, 2.45) is 0 Å². The van der Waals surface area contributed by atoms with Crippen LogP contribution in [0.2, 0.25) is 0 Å². The van der Waals surface area contributed by atoms with E-state index in [4.69, 9.17) is 5.26 Å². The van der Waals surface area contributed by atoms with E-state index in [1.807, 2.05) is 6.07 Å². The Morgan fingerprint density at radius 3 is 2.93 bits per heavy atom. The molecule has 0 saturated heterocycles. The minimum absolute atomic E-state index is 0.189. The molecule has 0 spiro atoms. The summed E-state index contributed by atoms with van der Waals surface area (Å²) >= 11 is 3.02. The lowest BCUT2D eigenvalue weighted by Crippen LogP contribution is -2.01. The molecule has 0 saturated carbocycles. The highest BCUT2D eigenvalue weighted by molar-refractivity contribution is 9.10. The van der Waals surface area contributed by atoms with Crippen LogP contribution in [0.3, 0.4) is 0 Å². The summed E-state index contributed by atoms with van der Waals surface area (Å²) in [5.41, 5.74) is 0.641. The highest BCUT2D eigenvalue weighted by Crippen LogP contribution is 2.26. The van der Waals surface area contributed by atoms with Gasteiger partial charge in [-0.3, -0.25) is 0 Å². The molecule has 0 aliphatic rings. The van der Waals surface area contributed by atoms with Crippen molar-refractivity contribution in [2.75, 3.05) is 11.9 Å². The Bertz CT molecular complexity index is 396. The van der Waals surface area contributed by atoms with Gasteiger partial charge in [0.05, 0.1) is 15.7 Å². The Balaban J connectivity index is 3.05. The molecule has 1 aromatic carbocycles. The van der Waals surface area contributed by atoms with Crippen LogP contribution in [0.1, 0.15) is 5.56 Å². The predicted octanol–water partition coefficient (Wildman–Crippen LogP) is 3.06. The number of rotatable bonds is 3. The van der Waals surface area contributed by atoms with Gasteiger partial charge >= 0.3 is 0 Å². The molecule has 0 aliphatic carbocycles. The van der Waals surface area contributed by atoms with Crippen LogP contribution in [0, 0.1) is 17.1 Å². The van der Waals surface area contributed by atoms with Crippen molar-refractivity contribution in [1.82, 2.24) is 0 Å². The normalized spacial score (nSPS) is 9.21. The van der Waals surface area contributed by atoms with Gasteiger partial charge in [-0.25, -0.2) is 4.39 Å². The van der Waals surface area contributed by atoms with Crippen molar-refractivity contribution in [3.63, 3.8) is 0 Å². The predicted molar refractivity (Wildman–Crippen MR) is 57.5 cm³/mol. The molecule has 1 aromatic rings. The largest absolute Gasteiger partial charge is 0.379 e. The fourth-order valence-corrected chi connectivity index (χ4v) is 1.39. The smallest absolute Gasteiger partial charge is 0.161 e. The molecule has 1 N–H and O–H groups in total. The summed E-state index contributed by atoms with van der Waals surface area (Å²) in [4.78, 5) is 0. The zero-order valence-electron chi connectivity index (χ0n) is 7.35. The zero-order valence-corrected chi connectivity index (χ0v) is 8.94. The van der Waals surface area contributed by atoms with E-state index in [9.17, 15) is 4.39 Å². The lowest BCUT2D eigenvalue weighted by atomic mass is 10.2. The van der Waals surface area contributed by atoms with Gasteiger partial charge in [-0.1, -0.05) is 6.08 Å². The molecule has 0 atom stereocenters. The summed E-state index contributed by atoms with van der Waals surface area (Å²) in [7, 11) is 0. The third kappa shape index (κ3) is 2.12. The van der Waals surface area contributed by atoms with Gasteiger partial charge < -0.3 is 5.32 Å². The second-order valence-electron chi connectivity index (χ2n) is 2.57. The molecule has 0 fully saturated rings. The van der Waals surface area contributed by atoms with Crippen molar-refractivity contribution in [3.8, 4) is 6.07 Å². The summed E-state index contributed by atoms with van der Waals surface area (Å²) in [5.74, 6) is -0.453. The first-order chi connectivity index (χ1) is 6.70. The molecule has 0 amide bonds. The summed E-state index contributed by atoms with van der Waals surface area (Å²) < 4.78 is 13.7. The van der Waals surface area contributed by atoms with Gasteiger partial charge in [0.25, 0.3) is 0 Å². The molecule has 0 aliphatic heterocycles. The van der Waals surface area contributed by atoms with Gasteiger partial charge in [0.1, 0.15) is 6.07 Å². The first-order valence-corrected chi connectivity index (χ1v) is 4.73. The van der Waals surface area contributed by atoms with Crippen LogP contribution in [0.4, 0.5) is 10.1 Å². The summed E-state index contributed by atoms with van der Waals surface area (Å²) in [5, 5.41) is 11.4. The molecule has 0 heterocycles. The summed E-state index contributed by atoms with van der Waals surface area (Å²) in [6.07, 6.45) is 1.63. The molecular formula is C10H8BrFN2. The number of nitriles is 1. The molecule has 0 aromatic heterocycles. The van der Waals surface area contributed by atoms with E-state index >= 15 is 0 Å². The van der Waals surface area contributed by atoms with Crippen molar-refractivity contribution < 1.29 is 4.39 Å². The Labute approximate surface area is 90.2 Å². The Morgan fingerprint density at radius 2 is 2.36 bits per heavy atom. The highest BCUT2D eigenvalue weighted by Gasteiger charge is 2.09. The van der Waals surface area contributed by atoms with Gasteiger partial charge in [-0.05, 0) is 28.1 Å².